The lowest BCUT2D eigenvalue weighted by Crippen LogP contribution is -2.29. The number of anilines is 1. The number of benzene rings is 3. The first-order valence-electron chi connectivity index (χ1n) is 8.51. The van der Waals surface area contributed by atoms with Crippen molar-refractivity contribution in [3.8, 4) is 0 Å². The zero-order valence-corrected chi connectivity index (χ0v) is 14.8. The van der Waals surface area contributed by atoms with Gasteiger partial charge in [-0.25, -0.2) is 0 Å². The van der Waals surface area contributed by atoms with Crippen molar-refractivity contribution >= 4 is 32.4 Å². The van der Waals surface area contributed by atoms with Gasteiger partial charge in [0.05, 0.1) is 6.04 Å². The Hall–Kier alpha value is -2.06. The molecule has 0 aromatic heterocycles. The highest BCUT2D eigenvalue weighted by molar-refractivity contribution is 9.10. The third-order valence-corrected chi connectivity index (χ3v) is 6.01. The van der Waals surface area contributed by atoms with Crippen LogP contribution in [0.1, 0.15) is 29.5 Å². The summed E-state index contributed by atoms with van der Waals surface area (Å²) in [7, 11) is 0. The van der Waals surface area contributed by atoms with Gasteiger partial charge in [-0.2, -0.15) is 0 Å². The molecule has 0 spiro atoms. The molecule has 118 valence electrons. The summed E-state index contributed by atoms with van der Waals surface area (Å²) in [5.41, 5.74) is 4.13. The van der Waals surface area contributed by atoms with E-state index < -0.39 is 0 Å². The first-order valence-corrected chi connectivity index (χ1v) is 9.31. The number of halogens is 1. The van der Waals surface area contributed by atoms with Gasteiger partial charge in [0.15, 0.2) is 0 Å². The molecule has 1 nitrogen and oxygen atoms in total. The maximum atomic E-state index is 3.84. The summed E-state index contributed by atoms with van der Waals surface area (Å²) < 4.78 is 1.13. The van der Waals surface area contributed by atoms with E-state index in [0.717, 1.165) is 10.9 Å². The molecule has 1 heterocycles. The van der Waals surface area contributed by atoms with E-state index in [1.165, 1.54) is 27.6 Å². The summed E-state index contributed by atoms with van der Waals surface area (Å²) in [6.07, 6.45) is 5.92. The van der Waals surface area contributed by atoms with Crippen LogP contribution in [0.3, 0.4) is 0 Å². The second-order valence-electron chi connectivity index (χ2n) is 6.77. The van der Waals surface area contributed by atoms with Crippen molar-refractivity contribution in [3.63, 3.8) is 0 Å². The van der Waals surface area contributed by atoms with E-state index in [1.807, 2.05) is 0 Å². The van der Waals surface area contributed by atoms with Crippen LogP contribution >= 0.6 is 15.9 Å². The van der Waals surface area contributed by atoms with Gasteiger partial charge in [-0.15, -0.1) is 0 Å². The van der Waals surface area contributed by atoms with Crippen LogP contribution in [0, 0.1) is 5.92 Å². The van der Waals surface area contributed by atoms with Gasteiger partial charge in [0.25, 0.3) is 0 Å². The highest BCUT2D eigenvalue weighted by Crippen LogP contribution is 2.51. The lowest BCUT2D eigenvalue weighted by atomic mass is 9.75. The standard InChI is InChI=1S/C22H18BrN/c23-16-11-8-15(9-12-16)22-19-7-3-6-18(19)21-17-5-2-1-4-14(17)10-13-20(21)24-22/h1-6,8-13,18-19,22,24H,7H2/t18-,19+,22+/m1/s1. The zero-order chi connectivity index (χ0) is 16.1. The van der Waals surface area contributed by atoms with Crippen molar-refractivity contribution in [2.24, 2.45) is 5.92 Å². The van der Waals surface area contributed by atoms with Crippen molar-refractivity contribution in [1.29, 1.82) is 0 Å². The average molecular weight is 376 g/mol. The molecule has 0 bridgehead atoms. The topological polar surface area (TPSA) is 12.0 Å². The Morgan fingerprint density at radius 2 is 1.75 bits per heavy atom. The molecule has 0 unspecified atom stereocenters. The van der Waals surface area contributed by atoms with Gasteiger partial charge in [0.1, 0.15) is 0 Å². The van der Waals surface area contributed by atoms with E-state index in [9.17, 15) is 0 Å². The first-order chi connectivity index (χ1) is 11.8. The number of allylic oxidation sites excluding steroid dienone is 2. The highest BCUT2D eigenvalue weighted by atomic mass is 79.9. The van der Waals surface area contributed by atoms with Crippen LogP contribution in [0.15, 0.2) is 77.3 Å². The maximum Gasteiger partial charge on any atom is 0.0553 e. The molecule has 5 rings (SSSR count). The molecule has 0 saturated carbocycles. The van der Waals surface area contributed by atoms with Crippen molar-refractivity contribution < 1.29 is 0 Å². The quantitative estimate of drug-likeness (QED) is 0.483. The molecule has 0 saturated heterocycles. The molecule has 1 aliphatic heterocycles. The molecule has 2 heteroatoms. The van der Waals surface area contributed by atoms with E-state index in [2.05, 4.69) is 94.1 Å². The van der Waals surface area contributed by atoms with Gasteiger partial charge < -0.3 is 5.32 Å². The molecule has 3 atom stereocenters. The van der Waals surface area contributed by atoms with Crippen LogP contribution in [0.25, 0.3) is 10.8 Å². The van der Waals surface area contributed by atoms with E-state index in [0.29, 0.717) is 17.9 Å². The highest BCUT2D eigenvalue weighted by Gasteiger charge is 2.38. The van der Waals surface area contributed by atoms with Crippen LogP contribution in [-0.2, 0) is 0 Å². The Balaban J connectivity index is 1.67. The third-order valence-electron chi connectivity index (χ3n) is 5.49. The summed E-state index contributed by atoms with van der Waals surface area (Å²) in [5.74, 6) is 1.09. The van der Waals surface area contributed by atoms with Crippen molar-refractivity contribution in [2.75, 3.05) is 5.32 Å². The Labute approximate surface area is 150 Å². The normalized spacial score (nSPS) is 24.5. The fourth-order valence-electron chi connectivity index (χ4n) is 4.38. The van der Waals surface area contributed by atoms with Crippen molar-refractivity contribution in [3.05, 3.63) is 88.4 Å². The Morgan fingerprint density at radius 1 is 0.917 bits per heavy atom. The average Bonchev–Trinajstić information content (AvgIpc) is 3.11. The SMILES string of the molecule is Brc1ccc([C@@H]2Nc3ccc4ccccc4c3[C@@H]3C=CC[C@@H]32)cc1. The minimum Gasteiger partial charge on any atom is -0.378 e. The summed E-state index contributed by atoms with van der Waals surface area (Å²) in [4.78, 5) is 0. The van der Waals surface area contributed by atoms with Gasteiger partial charge in [0.2, 0.25) is 0 Å². The Kier molecular flexibility index (Phi) is 3.27. The first kappa shape index (κ1) is 14.3. The van der Waals surface area contributed by atoms with Gasteiger partial charge in [-0.05, 0) is 52.4 Å². The van der Waals surface area contributed by atoms with Gasteiger partial charge in [-0.3, -0.25) is 0 Å². The minimum absolute atomic E-state index is 0.367. The van der Waals surface area contributed by atoms with E-state index in [4.69, 9.17) is 0 Å². The van der Waals surface area contributed by atoms with Gasteiger partial charge in [-0.1, -0.05) is 70.5 Å². The van der Waals surface area contributed by atoms with Crippen molar-refractivity contribution in [2.45, 2.75) is 18.4 Å². The number of hydrogen-bond donors (Lipinski definition) is 1. The lowest BCUT2D eigenvalue weighted by molar-refractivity contribution is 0.427. The number of rotatable bonds is 1. The van der Waals surface area contributed by atoms with Crippen LogP contribution in [0.5, 0.6) is 0 Å². The summed E-state index contributed by atoms with van der Waals surface area (Å²) >= 11 is 3.55. The predicted molar refractivity (Wildman–Crippen MR) is 104 cm³/mol. The molecular weight excluding hydrogens is 358 g/mol. The van der Waals surface area contributed by atoms with E-state index in [-0.39, 0.29) is 0 Å². The van der Waals surface area contributed by atoms with Gasteiger partial charge in [0, 0.05) is 16.1 Å². The molecule has 2 aliphatic rings. The monoisotopic (exact) mass is 375 g/mol. The van der Waals surface area contributed by atoms with E-state index >= 15 is 0 Å². The summed E-state index contributed by atoms with van der Waals surface area (Å²) in [6, 6.07) is 22.4. The minimum atomic E-state index is 0.367. The summed E-state index contributed by atoms with van der Waals surface area (Å²) in [6.45, 7) is 0. The second-order valence-corrected chi connectivity index (χ2v) is 7.69. The van der Waals surface area contributed by atoms with Crippen LogP contribution in [-0.4, -0.2) is 0 Å². The van der Waals surface area contributed by atoms with Crippen LogP contribution in [0.4, 0.5) is 5.69 Å². The molecule has 0 amide bonds. The molecule has 3 aromatic rings. The Morgan fingerprint density at radius 3 is 2.62 bits per heavy atom. The number of nitrogens with one attached hydrogen (secondary N) is 1. The Bertz CT molecular complexity index is 942. The largest absolute Gasteiger partial charge is 0.378 e. The molecule has 0 radical (unpaired) electrons. The smallest absolute Gasteiger partial charge is 0.0553 e. The van der Waals surface area contributed by atoms with Crippen LogP contribution in [0.2, 0.25) is 0 Å². The van der Waals surface area contributed by atoms with Gasteiger partial charge >= 0.3 is 0 Å². The molecular formula is C22H18BrN. The molecule has 24 heavy (non-hydrogen) atoms. The van der Waals surface area contributed by atoms with E-state index in [1.54, 1.807) is 0 Å². The predicted octanol–water partition coefficient (Wildman–Crippen LogP) is 6.43. The summed E-state index contributed by atoms with van der Waals surface area (Å²) in [5, 5.41) is 6.56. The third kappa shape index (κ3) is 2.13. The fourth-order valence-corrected chi connectivity index (χ4v) is 4.65. The molecule has 0 fully saturated rings. The fraction of sp³-hybridized carbons (Fsp3) is 0.182. The molecule has 3 aromatic carbocycles. The zero-order valence-electron chi connectivity index (χ0n) is 13.2. The number of hydrogen-bond acceptors (Lipinski definition) is 1. The van der Waals surface area contributed by atoms with Crippen molar-refractivity contribution in [1.82, 2.24) is 0 Å². The molecule has 1 N–H and O–H groups in total. The number of fused-ring (bicyclic) bond motifs is 5. The lowest BCUT2D eigenvalue weighted by Gasteiger charge is -2.38. The van der Waals surface area contributed by atoms with Crippen LogP contribution < -0.4 is 5.32 Å². The molecule has 1 aliphatic carbocycles. The second kappa shape index (κ2) is 5.49. The maximum absolute atomic E-state index is 3.84.